The van der Waals surface area contributed by atoms with E-state index in [0.717, 1.165) is 18.7 Å². The number of rotatable bonds is 6. The van der Waals surface area contributed by atoms with E-state index in [9.17, 15) is 0 Å². The second kappa shape index (κ2) is 7.12. The average molecular weight is 287 g/mol. The lowest BCUT2D eigenvalue weighted by atomic mass is 9.58. The van der Waals surface area contributed by atoms with Crippen LogP contribution in [0, 0.1) is 0 Å². The van der Waals surface area contributed by atoms with Crippen LogP contribution in [0.1, 0.15) is 30.3 Å². The van der Waals surface area contributed by atoms with Gasteiger partial charge in [-0.2, -0.15) is 0 Å². The number of nitrogens with zero attached hydrogens (tertiary/aromatic N) is 2. The molecule has 3 heteroatoms. The second-order valence-corrected chi connectivity index (χ2v) is 5.44. The number of hydrogen-bond donors (Lipinski definition) is 0. The van der Waals surface area contributed by atoms with Gasteiger partial charge in [0.15, 0.2) is 0 Å². The number of aryl methyl sites for hydroxylation is 1. The van der Waals surface area contributed by atoms with Crippen LogP contribution in [0.2, 0.25) is 0 Å². The highest BCUT2D eigenvalue weighted by Crippen LogP contribution is 2.23. The summed E-state index contributed by atoms with van der Waals surface area (Å²) >= 11 is 0. The maximum Gasteiger partial charge on any atom is 0.215 e. The van der Waals surface area contributed by atoms with Gasteiger partial charge in [0.1, 0.15) is 0 Å². The van der Waals surface area contributed by atoms with Crippen LogP contribution < -0.4 is 5.72 Å². The molecule has 1 radical (unpaired) electrons. The molecular formula is C19H20BN2. The third-order valence-corrected chi connectivity index (χ3v) is 3.85. The Hall–Kier alpha value is -2.29. The van der Waals surface area contributed by atoms with Crippen molar-refractivity contribution in [1.82, 2.24) is 9.55 Å². The molecule has 0 bridgehead atoms. The summed E-state index contributed by atoms with van der Waals surface area (Å²) in [7, 11) is 2.26. The Morgan fingerprint density at radius 3 is 2.09 bits per heavy atom. The van der Waals surface area contributed by atoms with E-state index in [0.29, 0.717) is 0 Å². The van der Waals surface area contributed by atoms with Gasteiger partial charge in [-0.3, -0.25) is 4.98 Å². The molecule has 0 N–H and O–H groups in total. The standard InChI is InChI=1S/C19H20BN2/c1-2-14-22-15-13-21-19(22)20-18(16-9-5-3-6-10-16)17-11-7-4-8-12-17/h3-13,15,18H,2,14H2,1H3. The van der Waals surface area contributed by atoms with Gasteiger partial charge in [-0.1, -0.05) is 67.6 Å². The Bertz CT molecular complexity index is 652. The maximum atomic E-state index is 4.53. The zero-order chi connectivity index (χ0) is 15.2. The van der Waals surface area contributed by atoms with E-state index in [2.05, 4.69) is 90.6 Å². The number of imidazole rings is 1. The minimum atomic E-state index is 0.223. The predicted octanol–water partition coefficient (Wildman–Crippen LogP) is 3.41. The van der Waals surface area contributed by atoms with E-state index >= 15 is 0 Å². The van der Waals surface area contributed by atoms with Crippen LogP contribution in [0.3, 0.4) is 0 Å². The van der Waals surface area contributed by atoms with Gasteiger partial charge in [-0.05, 0) is 23.4 Å². The van der Waals surface area contributed by atoms with Gasteiger partial charge in [0, 0.05) is 18.9 Å². The minimum absolute atomic E-state index is 0.223. The third-order valence-electron chi connectivity index (χ3n) is 3.85. The molecule has 1 heterocycles. The van der Waals surface area contributed by atoms with Crippen LogP contribution in [0.25, 0.3) is 0 Å². The second-order valence-electron chi connectivity index (χ2n) is 5.44. The molecule has 0 aliphatic carbocycles. The first-order valence-corrected chi connectivity index (χ1v) is 7.84. The Kier molecular flexibility index (Phi) is 4.74. The highest BCUT2D eigenvalue weighted by molar-refractivity contribution is 6.54. The summed E-state index contributed by atoms with van der Waals surface area (Å²) in [6.07, 6.45) is 5.05. The Morgan fingerprint density at radius 2 is 1.55 bits per heavy atom. The van der Waals surface area contributed by atoms with Crippen molar-refractivity contribution in [1.29, 1.82) is 0 Å². The summed E-state index contributed by atoms with van der Waals surface area (Å²) in [6, 6.07) is 21.2. The molecule has 0 atom stereocenters. The van der Waals surface area contributed by atoms with Crippen LogP contribution in [0.4, 0.5) is 0 Å². The first-order valence-electron chi connectivity index (χ1n) is 7.84. The normalized spacial score (nSPS) is 10.8. The molecule has 0 aliphatic rings. The third kappa shape index (κ3) is 3.30. The van der Waals surface area contributed by atoms with Crippen molar-refractivity contribution >= 4 is 13.0 Å². The highest BCUT2D eigenvalue weighted by Gasteiger charge is 2.19. The van der Waals surface area contributed by atoms with Crippen LogP contribution in [-0.2, 0) is 6.54 Å². The van der Waals surface area contributed by atoms with Crippen LogP contribution >= 0.6 is 0 Å². The maximum absolute atomic E-state index is 4.53. The zero-order valence-corrected chi connectivity index (χ0v) is 12.9. The minimum Gasteiger partial charge on any atom is -0.343 e. The first kappa shape index (κ1) is 14.6. The number of hydrogen-bond acceptors (Lipinski definition) is 1. The summed E-state index contributed by atoms with van der Waals surface area (Å²) in [5.41, 5.74) is 3.62. The molecule has 0 saturated heterocycles. The number of benzene rings is 2. The van der Waals surface area contributed by atoms with Crippen molar-refractivity contribution in [3.05, 3.63) is 84.2 Å². The molecule has 1 aromatic heterocycles. The molecule has 22 heavy (non-hydrogen) atoms. The molecule has 2 nitrogen and oxygen atoms in total. The topological polar surface area (TPSA) is 17.8 Å². The largest absolute Gasteiger partial charge is 0.343 e. The zero-order valence-electron chi connectivity index (χ0n) is 12.9. The fourth-order valence-electron chi connectivity index (χ4n) is 2.76. The summed E-state index contributed by atoms with van der Waals surface area (Å²) in [5.74, 6) is 0.223. The quantitative estimate of drug-likeness (QED) is 0.635. The van der Waals surface area contributed by atoms with Crippen molar-refractivity contribution in [2.45, 2.75) is 25.7 Å². The summed E-state index contributed by atoms with van der Waals surface area (Å²) in [6.45, 7) is 3.19. The SMILES string of the molecule is CCCn1ccnc1[B]C(c1ccccc1)c1ccccc1. The number of aromatic nitrogens is 2. The molecule has 109 valence electrons. The van der Waals surface area contributed by atoms with E-state index in [1.165, 1.54) is 11.1 Å². The molecule has 3 aromatic rings. The molecule has 0 saturated carbocycles. The molecule has 0 aliphatic heterocycles. The molecular weight excluding hydrogens is 267 g/mol. The van der Waals surface area contributed by atoms with E-state index in [1.54, 1.807) is 0 Å². The lowest BCUT2D eigenvalue weighted by molar-refractivity contribution is 0.694. The van der Waals surface area contributed by atoms with Crippen LogP contribution in [0.5, 0.6) is 0 Å². The van der Waals surface area contributed by atoms with E-state index < -0.39 is 0 Å². The molecule has 0 amide bonds. The van der Waals surface area contributed by atoms with Gasteiger partial charge >= 0.3 is 0 Å². The van der Waals surface area contributed by atoms with Crippen molar-refractivity contribution in [3.63, 3.8) is 0 Å². The first-order chi connectivity index (χ1) is 10.9. The van der Waals surface area contributed by atoms with Gasteiger partial charge in [0.25, 0.3) is 0 Å². The fraction of sp³-hybridized carbons (Fsp3) is 0.211. The Morgan fingerprint density at radius 1 is 0.955 bits per heavy atom. The Balaban J connectivity index is 1.94. The lowest BCUT2D eigenvalue weighted by Gasteiger charge is -2.17. The predicted molar refractivity (Wildman–Crippen MR) is 92.6 cm³/mol. The van der Waals surface area contributed by atoms with Crippen molar-refractivity contribution < 1.29 is 0 Å². The van der Waals surface area contributed by atoms with Gasteiger partial charge in [0.05, 0.1) is 5.72 Å². The summed E-state index contributed by atoms with van der Waals surface area (Å²) in [4.78, 5) is 4.53. The van der Waals surface area contributed by atoms with Crippen LogP contribution in [0.15, 0.2) is 73.1 Å². The summed E-state index contributed by atoms with van der Waals surface area (Å²) in [5, 5.41) is 0. The van der Waals surface area contributed by atoms with Crippen molar-refractivity contribution in [2.24, 2.45) is 0 Å². The highest BCUT2D eigenvalue weighted by atomic mass is 15.0. The molecule has 2 aromatic carbocycles. The monoisotopic (exact) mass is 287 g/mol. The van der Waals surface area contributed by atoms with Crippen molar-refractivity contribution in [2.75, 3.05) is 0 Å². The van der Waals surface area contributed by atoms with Gasteiger partial charge in [-0.15, -0.1) is 0 Å². The average Bonchev–Trinajstić information content (AvgIpc) is 3.02. The van der Waals surface area contributed by atoms with Gasteiger partial charge in [-0.25, -0.2) is 0 Å². The molecule has 0 unspecified atom stereocenters. The van der Waals surface area contributed by atoms with Gasteiger partial charge in [0.2, 0.25) is 7.28 Å². The van der Waals surface area contributed by atoms with E-state index in [1.807, 2.05) is 6.20 Å². The van der Waals surface area contributed by atoms with Crippen molar-refractivity contribution in [3.8, 4) is 0 Å². The Labute approximate surface area is 133 Å². The molecule has 0 spiro atoms. The summed E-state index contributed by atoms with van der Waals surface area (Å²) < 4.78 is 2.22. The molecule has 3 rings (SSSR count). The molecule has 0 fully saturated rings. The van der Waals surface area contributed by atoms with Crippen LogP contribution in [-0.4, -0.2) is 16.8 Å². The van der Waals surface area contributed by atoms with E-state index in [-0.39, 0.29) is 5.82 Å². The fourth-order valence-corrected chi connectivity index (χ4v) is 2.76. The lowest BCUT2D eigenvalue weighted by Crippen LogP contribution is -2.31. The van der Waals surface area contributed by atoms with Gasteiger partial charge < -0.3 is 4.57 Å². The van der Waals surface area contributed by atoms with E-state index in [4.69, 9.17) is 0 Å². The smallest absolute Gasteiger partial charge is 0.215 e.